The van der Waals surface area contributed by atoms with Gasteiger partial charge in [0.15, 0.2) is 0 Å². The van der Waals surface area contributed by atoms with Crippen molar-refractivity contribution in [1.29, 1.82) is 0 Å². The molecule has 1 amide bonds. The fourth-order valence-electron chi connectivity index (χ4n) is 1.83. The Kier molecular flexibility index (Phi) is 4.00. The topological polar surface area (TPSA) is 38.3 Å². The van der Waals surface area contributed by atoms with E-state index in [4.69, 9.17) is 4.74 Å². The van der Waals surface area contributed by atoms with Gasteiger partial charge in [-0.2, -0.15) is 0 Å². The molecule has 0 radical (unpaired) electrons. The SMILES string of the molecule is CC1OCCC1C(=O)NCc1sccc1Br. The summed E-state index contributed by atoms with van der Waals surface area (Å²) in [4.78, 5) is 13.0. The van der Waals surface area contributed by atoms with Crippen molar-refractivity contribution in [1.82, 2.24) is 5.32 Å². The molecule has 0 aliphatic carbocycles. The third-order valence-electron chi connectivity index (χ3n) is 2.83. The zero-order valence-electron chi connectivity index (χ0n) is 9.03. The number of ether oxygens (including phenoxy) is 1. The number of carbonyl (C=O) groups excluding carboxylic acids is 1. The quantitative estimate of drug-likeness (QED) is 0.932. The number of rotatable bonds is 3. The van der Waals surface area contributed by atoms with E-state index in [9.17, 15) is 4.79 Å². The predicted molar refractivity (Wildman–Crippen MR) is 67.4 cm³/mol. The van der Waals surface area contributed by atoms with Crippen molar-refractivity contribution < 1.29 is 9.53 Å². The lowest BCUT2D eigenvalue weighted by Crippen LogP contribution is -2.33. The summed E-state index contributed by atoms with van der Waals surface area (Å²) in [5, 5.41) is 4.97. The first-order chi connectivity index (χ1) is 7.68. The summed E-state index contributed by atoms with van der Waals surface area (Å²) in [6.07, 6.45) is 0.880. The first-order valence-electron chi connectivity index (χ1n) is 5.29. The summed E-state index contributed by atoms with van der Waals surface area (Å²) in [5.41, 5.74) is 0. The van der Waals surface area contributed by atoms with Crippen LogP contribution in [-0.4, -0.2) is 18.6 Å². The van der Waals surface area contributed by atoms with Gasteiger partial charge in [-0.25, -0.2) is 0 Å². The highest BCUT2D eigenvalue weighted by Gasteiger charge is 2.30. The number of amides is 1. The maximum Gasteiger partial charge on any atom is 0.226 e. The van der Waals surface area contributed by atoms with Crippen LogP contribution in [0.2, 0.25) is 0 Å². The first-order valence-corrected chi connectivity index (χ1v) is 6.97. The Morgan fingerprint density at radius 1 is 1.75 bits per heavy atom. The third kappa shape index (κ3) is 2.64. The molecular weight excluding hydrogens is 290 g/mol. The van der Waals surface area contributed by atoms with Gasteiger partial charge in [-0.15, -0.1) is 11.3 Å². The molecule has 0 saturated carbocycles. The van der Waals surface area contributed by atoms with Crippen LogP contribution in [0.5, 0.6) is 0 Å². The second kappa shape index (κ2) is 5.29. The molecule has 2 rings (SSSR count). The van der Waals surface area contributed by atoms with E-state index in [2.05, 4.69) is 21.2 Å². The predicted octanol–water partition coefficient (Wildman–Crippen LogP) is 2.55. The van der Waals surface area contributed by atoms with Gasteiger partial charge in [0.1, 0.15) is 0 Å². The Morgan fingerprint density at radius 2 is 2.56 bits per heavy atom. The molecule has 0 bridgehead atoms. The summed E-state index contributed by atoms with van der Waals surface area (Å²) in [7, 11) is 0. The smallest absolute Gasteiger partial charge is 0.226 e. The highest BCUT2D eigenvalue weighted by molar-refractivity contribution is 9.10. The van der Waals surface area contributed by atoms with Gasteiger partial charge in [0.05, 0.1) is 18.6 Å². The van der Waals surface area contributed by atoms with E-state index in [0.717, 1.165) is 15.8 Å². The number of halogens is 1. The maximum atomic E-state index is 11.9. The number of hydrogen-bond acceptors (Lipinski definition) is 3. The van der Waals surface area contributed by atoms with Crippen LogP contribution >= 0.6 is 27.3 Å². The van der Waals surface area contributed by atoms with Gasteiger partial charge in [-0.3, -0.25) is 4.79 Å². The fraction of sp³-hybridized carbons (Fsp3) is 0.545. The molecule has 2 unspecified atom stereocenters. The summed E-state index contributed by atoms with van der Waals surface area (Å²) in [6, 6.07) is 1.99. The lowest BCUT2D eigenvalue weighted by molar-refractivity contribution is -0.126. The van der Waals surface area contributed by atoms with Gasteiger partial charge in [-0.05, 0) is 40.7 Å². The zero-order chi connectivity index (χ0) is 11.5. The molecule has 1 aromatic heterocycles. The maximum absolute atomic E-state index is 11.9. The minimum Gasteiger partial charge on any atom is -0.378 e. The summed E-state index contributed by atoms with van der Waals surface area (Å²) in [6.45, 7) is 3.25. The van der Waals surface area contributed by atoms with Crippen LogP contribution in [0.25, 0.3) is 0 Å². The van der Waals surface area contributed by atoms with E-state index < -0.39 is 0 Å². The standard InChI is InChI=1S/C11H14BrNO2S/c1-7-8(2-4-15-7)11(14)13-6-10-9(12)3-5-16-10/h3,5,7-8H,2,4,6H2,1H3,(H,13,14). The minimum absolute atomic E-state index is 0.0127. The van der Waals surface area contributed by atoms with E-state index in [0.29, 0.717) is 13.2 Å². The number of hydrogen-bond donors (Lipinski definition) is 1. The molecule has 0 aromatic carbocycles. The third-order valence-corrected chi connectivity index (χ3v) is 4.75. The Bertz CT molecular complexity index is 380. The number of thiophene rings is 1. The van der Waals surface area contributed by atoms with Gasteiger partial charge in [0.25, 0.3) is 0 Å². The molecule has 5 heteroatoms. The lowest BCUT2D eigenvalue weighted by atomic mass is 10.0. The molecule has 88 valence electrons. The largest absolute Gasteiger partial charge is 0.378 e. The highest BCUT2D eigenvalue weighted by Crippen LogP contribution is 2.23. The zero-order valence-corrected chi connectivity index (χ0v) is 11.4. The van der Waals surface area contributed by atoms with Crippen molar-refractivity contribution in [3.05, 3.63) is 20.8 Å². The molecule has 16 heavy (non-hydrogen) atoms. The lowest BCUT2D eigenvalue weighted by Gasteiger charge is -2.13. The molecule has 1 aromatic rings. The normalized spacial score (nSPS) is 24.6. The van der Waals surface area contributed by atoms with Gasteiger partial charge in [0, 0.05) is 16.0 Å². The van der Waals surface area contributed by atoms with E-state index >= 15 is 0 Å². The Hall–Kier alpha value is -0.390. The molecule has 1 fully saturated rings. The van der Waals surface area contributed by atoms with Crippen LogP contribution in [-0.2, 0) is 16.1 Å². The molecule has 2 heterocycles. The molecule has 1 aliphatic heterocycles. The average Bonchev–Trinajstić information content (AvgIpc) is 2.84. The van der Waals surface area contributed by atoms with Gasteiger partial charge < -0.3 is 10.1 Å². The van der Waals surface area contributed by atoms with E-state index in [1.165, 1.54) is 0 Å². The number of carbonyl (C=O) groups is 1. The van der Waals surface area contributed by atoms with Gasteiger partial charge >= 0.3 is 0 Å². The van der Waals surface area contributed by atoms with Crippen LogP contribution < -0.4 is 5.32 Å². The minimum atomic E-state index is 0.0127. The summed E-state index contributed by atoms with van der Waals surface area (Å²) >= 11 is 5.09. The fourth-order valence-corrected chi connectivity index (χ4v) is 3.26. The van der Waals surface area contributed by atoms with Crippen molar-refractivity contribution in [2.24, 2.45) is 5.92 Å². The van der Waals surface area contributed by atoms with Crippen LogP contribution in [0.1, 0.15) is 18.2 Å². The van der Waals surface area contributed by atoms with Crippen LogP contribution in [0.4, 0.5) is 0 Å². The molecule has 3 nitrogen and oxygen atoms in total. The van der Waals surface area contributed by atoms with Crippen LogP contribution in [0.15, 0.2) is 15.9 Å². The molecule has 1 aliphatic rings. The Balaban J connectivity index is 1.86. The Morgan fingerprint density at radius 3 is 3.12 bits per heavy atom. The second-order valence-corrected chi connectivity index (χ2v) is 5.74. The summed E-state index contributed by atoms with van der Waals surface area (Å²) in [5.74, 6) is 0.115. The van der Waals surface area contributed by atoms with Gasteiger partial charge in [0.2, 0.25) is 5.91 Å². The molecular formula is C11H14BrNO2S. The van der Waals surface area contributed by atoms with Crippen LogP contribution in [0, 0.1) is 5.92 Å². The Labute approximate surface area is 107 Å². The second-order valence-electron chi connectivity index (χ2n) is 3.88. The first kappa shape index (κ1) is 12.1. The van der Waals surface area contributed by atoms with Gasteiger partial charge in [-0.1, -0.05) is 0 Å². The monoisotopic (exact) mass is 303 g/mol. The van der Waals surface area contributed by atoms with E-state index in [-0.39, 0.29) is 17.9 Å². The van der Waals surface area contributed by atoms with Crippen molar-refractivity contribution in [3.8, 4) is 0 Å². The molecule has 1 N–H and O–H groups in total. The van der Waals surface area contributed by atoms with E-state index in [1.807, 2.05) is 18.4 Å². The van der Waals surface area contributed by atoms with Crippen molar-refractivity contribution in [3.63, 3.8) is 0 Å². The molecule has 0 spiro atoms. The van der Waals surface area contributed by atoms with Crippen molar-refractivity contribution >= 4 is 33.2 Å². The average molecular weight is 304 g/mol. The van der Waals surface area contributed by atoms with Crippen molar-refractivity contribution in [2.75, 3.05) is 6.61 Å². The summed E-state index contributed by atoms with van der Waals surface area (Å²) < 4.78 is 6.44. The number of nitrogens with one attached hydrogen (secondary N) is 1. The van der Waals surface area contributed by atoms with E-state index in [1.54, 1.807) is 11.3 Å². The van der Waals surface area contributed by atoms with Crippen molar-refractivity contribution in [2.45, 2.75) is 26.0 Å². The van der Waals surface area contributed by atoms with Crippen LogP contribution in [0.3, 0.4) is 0 Å². The highest BCUT2D eigenvalue weighted by atomic mass is 79.9. The molecule has 1 saturated heterocycles. The molecule has 2 atom stereocenters.